The van der Waals surface area contributed by atoms with E-state index in [4.69, 9.17) is 17.3 Å². The maximum Gasteiger partial charge on any atom is 0.251 e. The Labute approximate surface area is 123 Å². The standard InChI is InChI=1S/C16H15ClN2O/c1-16(18)12-8-5-9-13(17)14(12)19(15(16)20)10-11-6-3-2-4-7-11/h2-9H,10,18H2,1H3/t16-/m1/s1. The van der Waals surface area contributed by atoms with E-state index < -0.39 is 5.54 Å². The number of halogens is 1. The van der Waals surface area contributed by atoms with Gasteiger partial charge in [-0.3, -0.25) is 4.79 Å². The van der Waals surface area contributed by atoms with Crippen LogP contribution in [0, 0.1) is 0 Å². The summed E-state index contributed by atoms with van der Waals surface area (Å²) in [4.78, 5) is 14.3. The van der Waals surface area contributed by atoms with Crippen molar-refractivity contribution in [3.8, 4) is 0 Å². The Morgan fingerprint density at radius 2 is 1.85 bits per heavy atom. The Bertz CT molecular complexity index is 667. The van der Waals surface area contributed by atoms with E-state index in [1.165, 1.54) is 0 Å². The number of amides is 1. The summed E-state index contributed by atoms with van der Waals surface area (Å²) in [5.74, 6) is -0.121. The van der Waals surface area contributed by atoms with Crippen molar-refractivity contribution in [1.29, 1.82) is 0 Å². The molecule has 1 heterocycles. The summed E-state index contributed by atoms with van der Waals surface area (Å²) in [7, 11) is 0. The molecule has 0 aliphatic carbocycles. The molecule has 0 unspecified atom stereocenters. The smallest absolute Gasteiger partial charge is 0.251 e. The Morgan fingerprint density at radius 3 is 2.55 bits per heavy atom. The highest BCUT2D eigenvalue weighted by Gasteiger charge is 2.45. The molecule has 3 nitrogen and oxygen atoms in total. The molecule has 2 N–H and O–H groups in total. The molecule has 102 valence electrons. The van der Waals surface area contributed by atoms with Crippen molar-refractivity contribution < 1.29 is 4.79 Å². The van der Waals surface area contributed by atoms with Gasteiger partial charge < -0.3 is 10.6 Å². The zero-order valence-corrected chi connectivity index (χ0v) is 11.9. The number of anilines is 1. The second-order valence-corrected chi connectivity index (χ2v) is 5.62. The molecule has 0 spiro atoms. The number of carbonyl (C=O) groups excluding carboxylic acids is 1. The fourth-order valence-electron chi connectivity index (χ4n) is 2.62. The quantitative estimate of drug-likeness (QED) is 0.922. The Kier molecular flexibility index (Phi) is 3.04. The lowest BCUT2D eigenvalue weighted by atomic mass is 9.95. The van der Waals surface area contributed by atoms with Gasteiger partial charge in [-0.05, 0) is 18.6 Å². The second-order valence-electron chi connectivity index (χ2n) is 5.22. The molecule has 3 rings (SSSR count). The lowest BCUT2D eigenvalue weighted by molar-refractivity contribution is -0.122. The molecule has 0 radical (unpaired) electrons. The number of rotatable bonds is 2. The fraction of sp³-hybridized carbons (Fsp3) is 0.188. The molecule has 0 aromatic heterocycles. The molecule has 0 saturated heterocycles. The van der Waals surface area contributed by atoms with Crippen molar-refractivity contribution in [3.05, 3.63) is 64.7 Å². The summed E-state index contributed by atoms with van der Waals surface area (Å²) in [6.45, 7) is 2.21. The zero-order valence-electron chi connectivity index (χ0n) is 11.1. The second kappa shape index (κ2) is 4.62. The molecule has 1 aliphatic rings. The third kappa shape index (κ3) is 1.90. The molecule has 1 aliphatic heterocycles. The van der Waals surface area contributed by atoms with Crippen LogP contribution in [0.25, 0.3) is 0 Å². The first-order chi connectivity index (χ1) is 9.51. The van der Waals surface area contributed by atoms with Gasteiger partial charge in [0, 0.05) is 5.56 Å². The number of para-hydroxylation sites is 1. The molecule has 2 aromatic rings. The van der Waals surface area contributed by atoms with Crippen LogP contribution in [0.2, 0.25) is 5.02 Å². The molecule has 4 heteroatoms. The number of carbonyl (C=O) groups is 1. The number of benzene rings is 2. The number of fused-ring (bicyclic) bond motifs is 1. The first-order valence-corrected chi connectivity index (χ1v) is 6.83. The van der Waals surface area contributed by atoms with Gasteiger partial charge in [-0.15, -0.1) is 0 Å². The molecule has 1 amide bonds. The van der Waals surface area contributed by atoms with E-state index in [1.807, 2.05) is 42.5 Å². The Balaban J connectivity index is 2.08. The average molecular weight is 287 g/mol. The zero-order chi connectivity index (χ0) is 14.3. The SMILES string of the molecule is C[C@]1(N)C(=O)N(Cc2ccccc2)c2c(Cl)cccc21. The van der Waals surface area contributed by atoms with E-state index in [0.717, 1.165) is 16.8 Å². The third-order valence-corrected chi connectivity index (χ3v) is 3.99. The lowest BCUT2D eigenvalue weighted by Gasteiger charge is -2.20. The van der Waals surface area contributed by atoms with Crippen LogP contribution in [-0.4, -0.2) is 5.91 Å². The lowest BCUT2D eigenvalue weighted by Crippen LogP contribution is -2.44. The van der Waals surface area contributed by atoms with Crippen molar-refractivity contribution in [3.63, 3.8) is 0 Å². The molecule has 0 bridgehead atoms. The number of hydrogen-bond acceptors (Lipinski definition) is 2. The highest BCUT2D eigenvalue weighted by atomic mass is 35.5. The highest BCUT2D eigenvalue weighted by molar-refractivity contribution is 6.35. The van der Waals surface area contributed by atoms with Crippen molar-refractivity contribution in [2.45, 2.75) is 19.0 Å². The minimum Gasteiger partial charge on any atom is -0.314 e. The van der Waals surface area contributed by atoms with Crippen LogP contribution in [0.4, 0.5) is 5.69 Å². The van der Waals surface area contributed by atoms with E-state index in [2.05, 4.69) is 0 Å². The molecule has 0 fully saturated rings. The van der Waals surface area contributed by atoms with Gasteiger partial charge in [0.05, 0.1) is 17.3 Å². The Morgan fingerprint density at radius 1 is 1.15 bits per heavy atom. The van der Waals surface area contributed by atoms with Crippen molar-refractivity contribution >= 4 is 23.2 Å². The van der Waals surface area contributed by atoms with Crippen LogP contribution >= 0.6 is 11.6 Å². The maximum absolute atomic E-state index is 12.6. The number of hydrogen-bond donors (Lipinski definition) is 1. The van der Waals surface area contributed by atoms with Crippen LogP contribution < -0.4 is 10.6 Å². The highest BCUT2D eigenvalue weighted by Crippen LogP contribution is 2.43. The van der Waals surface area contributed by atoms with Gasteiger partial charge in [-0.1, -0.05) is 54.1 Å². The number of nitrogens with zero attached hydrogens (tertiary/aromatic N) is 1. The van der Waals surface area contributed by atoms with Gasteiger partial charge in [0.15, 0.2) is 0 Å². The van der Waals surface area contributed by atoms with Crippen molar-refractivity contribution in [1.82, 2.24) is 0 Å². The minimum absolute atomic E-state index is 0.121. The van der Waals surface area contributed by atoms with E-state index >= 15 is 0 Å². The van der Waals surface area contributed by atoms with E-state index in [-0.39, 0.29) is 5.91 Å². The molecule has 2 aromatic carbocycles. The Hall–Kier alpha value is -1.84. The van der Waals surface area contributed by atoms with Gasteiger partial charge in [0.2, 0.25) is 0 Å². The van der Waals surface area contributed by atoms with Crippen molar-refractivity contribution in [2.75, 3.05) is 4.90 Å². The monoisotopic (exact) mass is 286 g/mol. The van der Waals surface area contributed by atoms with Crippen molar-refractivity contribution in [2.24, 2.45) is 5.73 Å². The first kappa shape index (κ1) is 13.2. The van der Waals surface area contributed by atoms with Gasteiger partial charge in [-0.2, -0.15) is 0 Å². The van der Waals surface area contributed by atoms with E-state index in [9.17, 15) is 4.79 Å². The van der Waals surface area contributed by atoms with Crippen LogP contribution in [0.15, 0.2) is 48.5 Å². The summed E-state index contributed by atoms with van der Waals surface area (Å²) in [5, 5.41) is 0.556. The van der Waals surface area contributed by atoms with Gasteiger partial charge in [0.25, 0.3) is 5.91 Å². The molecular formula is C16H15ClN2O. The predicted octanol–water partition coefficient (Wildman–Crippen LogP) is 3.06. The van der Waals surface area contributed by atoms with Crippen LogP contribution in [0.5, 0.6) is 0 Å². The van der Waals surface area contributed by atoms with Gasteiger partial charge in [-0.25, -0.2) is 0 Å². The average Bonchev–Trinajstić information content (AvgIpc) is 2.63. The molecule has 20 heavy (non-hydrogen) atoms. The van der Waals surface area contributed by atoms with E-state index in [0.29, 0.717) is 11.6 Å². The third-order valence-electron chi connectivity index (χ3n) is 3.69. The summed E-state index contributed by atoms with van der Waals surface area (Å²) >= 11 is 6.27. The maximum atomic E-state index is 12.6. The molecule has 0 saturated carbocycles. The normalized spacial score (nSPS) is 21.1. The summed E-state index contributed by atoms with van der Waals surface area (Å²) in [6.07, 6.45) is 0. The van der Waals surface area contributed by atoms with Crippen LogP contribution in [0.3, 0.4) is 0 Å². The summed E-state index contributed by atoms with van der Waals surface area (Å²) in [5.41, 5.74) is 7.74. The molecular weight excluding hydrogens is 272 g/mol. The minimum atomic E-state index is -1.02. The van der Waals surface area contributed by atoms with Gasteiger partial charge in [0.1, 0.15) is 5.54 Å². The topological polar surface area (TPSA) is 46.3 Å². The predicted molar refractivity (Wildman–Crippen MR) is 80.6 cm³/mol. The van der Waals surface area contributed by atoms with Gasteiger partial charge >= 0.3 is 0 Å². The summed E-state index contributed by atoms with van der Waals surface area (Å²) < 4.78 is 0. The number of nitrogens with two attached hydrogens (primary N) is 1. The first-order valence-electron chi connectivity index (χ1n) is 6.45. The van der Waals surface area contributed by atoms with Crippen LogP contribution in [-0.2, 0) is 16.9 Å². The summed E-state index contributed by atoms with van der Waals surface area (Å²) in [6, 6.07) is 15.3. The largest absolute Gasteiger partial charge is 0.314 e. The van der Waals surface area contributed by atoms with E-state index in [1.54, 1.807) is 17.9 Å². The fourth-order valence-corrected chi connectivity index (χ4v) is 2.90. The molecule has 1 atom stereocenters. The van der Waals surface area contributed by atoms with Crippen LogP contribution in [0.1, 0.15) is 18.1 Å².